The van der Waals surface area contributed by atoms with Crippen LogP contribution in [0.15, 0.2) is 12.0 Å². The maximum atomic E-state index is 9.04. The van der Waals surface area contributed by atoms with Crippen molar-refractivity contribution in [1.82, 2.24) is 0 Å². The molecule has 0 aromatic heterocycles. The summed E-state index contributed by atoms with van der Waals surface area (Å²) in [5, 5.41) is 17.1. The number of ether oxygens (including phenoxy) is 1. The molecule has 1 rings (SSSR count). The molecule has 1 heterocycles. The van der Waals surface area contributed by atoms with Crippen LogP contribution in [0.5, 0.6) is 0 Å². The zero-order valence-electron chi connectivity index (χ0n) is 6.23. The van der Waals surface area contributed by atoms with E-state index in [1.807, 2.05) is 0 Å². The van der Waals surface area contributed by atoms with Gasteiger partial charge in [0.1, 0.15) is 0 Å². The van der Waals surface area contributed by atoms with Gasteiger partial charge < -0.3 is 9.84 Å². The molecule has 0 bridgehead atoms. The van der Waals surface area contributed by atoms with Crippen LogP contribution < -0.4 is 0 Å². The van der Waals surface area contributed by atoms with Crippen molar-refractivity contribution < 1.29 is 9.84 Å². The number of nitrogens with zero attached hydrogens (tertiary/aromatic N) is 2. The SMILES string of the molecule is N#[N+]/C=C(\O)CC1CCCO1. The van der Waals surface area contributed by atoms with E-state index >= 15 is 0 Å². The Kier molecular flexibility index (Phi) is 2.87. The Bertz CT molecular complexity index is 189. The van der Waals surface area contributed by atoms with E-state index in [0.29, 0.717) is 6.42 Å². The second-order valence-corrected chi connectivity index (χ2v) is 2.58. The first-order valence-electron chi connectivity index (χ1n) is 3.66. The summed E-state index contributed by atoms with van der Waals surface area (Å²) < 4.78 is 5.25. The summed E-state index contributed by atoms with van der Waals surface area (Å²) in [6, 6.07) is 0. The van der Waals surface area contributed by atoms with Crippen LogP contribution >= 0.6 is 0 Å². The third kappa shape index (κ3) is 2.56. The van der Waals surface area contributed by atoms with E-state index in [-0.39, 0.29) is 11.9 Å². The minimum absolute atomic E-state index is 0.0689. The first-order chi connectivity index (χ1) is 5.33. The van der Waals surface area contributed by atoms with Gasteiger partial charge in [-0.2, -0.15) is 0 Å². The smallest absolute Gasteiger partial charge is 0.387 e. The van der Waals surface area contributed by atoms with Gasteiger partial charge in [0.15, 0.2) is 10.7 Å². The van der Waals surface area contributed by atoms with Gasteiger partial charge in [-0.3, -0.25) is 0 Å². The normalized spacial score (nSPS) is 25.0. The number of hydrogen-bond acceptors (Lipinski definition) is 3. The molecule has 0 saturated carbocycles. The average Bonchev–Trinajstić information content (AvgIpc) is 2.40. The van der Waals surface area contributed by atoms with E-state index in [0.717, 1.165) is 25.6 Å². The van der Waals surface area contributed by atoms with Crippen LogP contribution in [-0.4, -0.2) is 17.8 Å². The molecule has 0 spiro atoms. The molecule has 1 saturated heterocycles. The fraction of sp³-hybridized carbons (Fsp3) is 0.714. The Morgan fingerprint density at radius 1 is 1.82 bits per heavy atom. The Balaban J connectivity index is 2.30. The summed E-state index contributed by atoms with van der Waals surface area (Å²) in [7, 11) is 0. The van der Waals surface area contributed by atoms with Crippen molar-refractivity contribution in [2.45, 2.75) is 25.4 Å². The van der Waals surface area contributed by atoms with Gasteiger partial charge in [-0.25, -0.2) is 0 Å². The first kappa shape index (κ1) is 8.02. The van der Waals surface area contributed by atoms with E-state index in [1.54, 1.807) is 0 Å². The Morgan fingerprint density at radius 3 is 3.18 bits per heavy atom. The van der Waals surface area contributed by atoms with E-state index in [9.17, 15) is 0 Å². The van der Waals surface area contributed by atoms with E-state index in [1.165, 1.54) is 0 Å². The molecule has 60 valence electrons. The number of diazo groups is 1. The molecular weight excluding hydrogens is 144 g/mol. The van der Waals surface area contributed by atoms with Crippen molar-refractivity contribution in [2.75, 3.05) is 6.61 Å². The molecular formula is C7H11N2O2+. The van der Waals surface area contributed by atoms with Crippen molar-refractivity contribution in [2.24, 2.45) is 0 Å². The highest BCUT2D eigenvalue weighted by molar-refractivity contribution is 4.97. The molecule has 0 aromatic carbocycles. The summed E-state index contributed by atoms with van der Waals surface area (Å²) in [5.74, 6) is 0.0689. The summed E-state index contributed by atoms with van der Waals surface area (Å²) in [6.45, 7) is 0.772. The standard InChI is InChI=1S/C7H10N2O2/c8-9-5-6(10)4-7-2-1-3-11-7/h5,7H,1-4H2/p+1/b6-5-. The highest BCUT2D eigenvalue weighted by atomic mass is 16.5. The first-order valence-corrected chi connectivity index (χ1v) is 3.66. The molecule has 4 heteroatoms. The van der Waals surface area contributed by atoms with Gasteiger partial charge in [-0.05, 0) is 12.8 Å². The van der Waals surface area contributed by atoms with Gasteiger partial charge in [-0.15, -0.1) is 0 Å². The lowest BCUT2D eigenvalue weighted by molar-refractivity contribution is 0.102. The number of aliphatic hydroxyl groups excluding tert-OH is 1. The third-order valence-electron chi connectivity index (χ3n) is 1.67. The molecule has 11 heavy (non-hydrogen) atoms. The Labute approximate surface area is 65.1 Å². The van der Waals surface area contributed by atoms with Crippen molar-refractivity contribution >= 4 is 0 Å². The molecule has 1 aliphatic rings. The largest absolute Gasteiger partial charge is 0.505 e. The number of hydrogen-bond donors (Lipinski definition) is 1. The minimum atomic E-state index is 0.0689. The lowest BCUT2D eigenvalue weighted by Gasteiger charge is -2.04. The Hall–Kier alpha value is -1.08. The topological polar surface area (TPSA) is 57.6 Å². The molecule has 0 aromatic rings. The molecule has 0 amide bonds. The zero-order valence-corrected chi connectivity index (χ0v) is 6.23. The van der Waals surface area contributed by atoms with Crippen molar-refractivity contribution in [3.63, 3.8) is 0 Å². The van der Waals surface area contributed by atoms with E-state index < -0.39 is 0 Å². The highest BCUT2D eigenvalue weighted by Crippen LogP contribution is 2.18. The summed E-state index contributed by atoms with van der Waals surface area (Å²) in [6.07, 6.45) is 3.61. The molecule has 0 aliphatic carbocycles. The number of aliphatic hydroxyl groups is 1. The molecule has 1 aliphatic heterocycles. The monoisotopic (exact) mass is 155 g/mol. The maximum absolute atomic E-state index is 9.04. The molecule has 1 unspecified atom stereocenters. The van der Waals surface area contributed by atoms with Crippen LogP contribution in [0.1, 0.15) is 19.3 Å². The summed E-state index contributed by atoms with van der Waals surface area (Å²) >= 11 is 0. The fourth-order valence-electron chi connectivity index (χ4n) is 1.16. The summed E-state index contributed by atoms with van der Waals surface area (Å²) in [5.41, 5.74) is 0. The van der Waals surface area contributed by atoms with Crippen LogP contribution in [0, 0.1) is 5.39 Å². The fourth-order valence-corrected chi connectivity index (χ4v) is 1.16. The van der Waals surface area contributed by atoms with Crippen molar-refractivity contribution in [3.05, 3.63) is 16.9 Å². The lowest BCUT2D eigenvalue weighted by Crippen LogP contribution is -2.05. The van der Waals surface area contributed by atoms with Crippen LogP contribution in [0.2, 0.25) is 0 Å². The zero-order chi connectivity index (χ0) is 8.10. The average molecular weight is 155 g/mol. The predicted octanol–water partition coefficient (Wildman–Crippen LogP) is 1.81. The minimum Gasteiger partial charge on any atom is -0.505 e. The predicted molar refractivity (Wildman–Crippen MR) is 39.4 cm³/mol. The number of rotatable bonds is 2. The van der Waals surface area contributed by atoms with Crippen LogP contribution in [0.4, 0.5) is 0 Å². The molecule has 1 atom stereocenters. The van der Waals surface area contributed by atoms with Gasteiger partial charge in [0, 0.05) is 13.0 Å². The van der Waals surface area contributed by atoms with Crippen molar-refractivity contribution in [1.29, 1.82) is 5.39 Å². The molecule has 1 fully saturated rings. The second-order valence-electron chi connectivity index (χ2n) is 2.58. The lowest BCUT2D eigenvalue weighted by atomic mass is 10.1. The van der Waals surface area contributed by atoms with Crippen LogP contribution in [-0.2, 0) is 4.74 Å². The molecule has 0 radical (unpaired) electrons. The van der Waals surface area contributed by atoms with Gasteiger partial charge in [-0.1, -0.05) is 0 Å². The maximum Gasteiger partial charge on any atom is 0.387 e. The van der Waals surface area contributed by atoms with Crippen LogP contribution in [0.25, 0.3) is 4.98 Å². The van der Waals surface area contributed by atoms with Gasteiger partial charge in [0.2, 0.25) is 5.39 Å². The quantitative estimate of drug-likeness (QED) is 0.488. The van der Waals surface area contributed by atoms with Crippen LogP contribution in [0.3, 0.4) is 0 Å². The highest BCUT2D eigenvalue weighted by Gasteiger charge is 2.18. The second kappa shape index (κ2) is 3.94. The van der Waals surface area contributed by atoms with E-state index in [2.05, 4.69) is 4.98 Å². The van der Waals surface area contributed by atoms with E-state index in [4.69, 9.17) is 15.2 Å². The van der Waals surface area contributed by atoms with Gasteiger partial charge in [0.05, 0.1) is 6.10 Å². The van der Waals surface area contributed by atoms with Gasteiger partial charge >= 0.3 is 6.20 Å². The van der Waals surface area contributed by atoms with Crippen molar-refractivity contribution in [3.8, 4) is 0 Å². The molecule has 1 N–H and O–H groups in total. The summed E-state index contributed by atoms with van der Waals surface area (Å²) in [4.78, 5) is 2.71. The molecule has 4 nitrogen and oxygen atoms in total. The Morgan fingerprint density at radius 2 is 2.64 bits per heavy atom. The third-order valence-corrected chi connectivity index (χ3v) is 1.67. The van der Waals surface area contributed by atoms with Gasteiger partial charge in [0.25, 0.3) is 0 Å².